The number of nitrogens with zero attached hydrogens (tertiary/aromatic N) is 8. The first-order valence-electron chi connectivity index (χ1n) is 32.6. The van der Waals surface area contributed by atoms with E-state index in [1.807, 2.05) is 6.92 Å². The lowest BCUT2D eigenvalue weighted by atomic mass is 9.82. The van der Waals surface area contributed by atoms with Crippen LogP contribution >= 0.6 is 11.6 Å². The zero-order valence-electron chi connectivity index (χ0n) is 55.6. The minimum absolute atomic E-state index is 0.0387. The molecule has 0 aromatic heterocycles. The van der Waals surface area contributed by atoms with Gasteiger partial charge in [-0.05, 0) is 121 Å². The van der Waals surface area contributed by atoms with Crippen LogP contribution in [0.1, 0.15) is 169 Å². The number of rotatable bonds is 8. The molecule has 10 atom stereocenters. The van der Waals surface area contributed by atoms with Crippen molar-refractivity contribution in [1.29, 1.82) is 0 Å². The van der Waals surface area contributed by atoms with E-state index in [0.29, 0.717) is 31.2 Å². The standard InChI is InChI=1S/C65H99ClF3N11O11/c1-14-38(2)53-62(90)75(10)41(5)57(85)80-33-31-49(80)60(88)76(11)50(36-42-22-17-15-18-23-42)59(87)73(8)37-51(81)71-47(30-28-43-27-29-45(46(66)35-43)65(67,68)69)58(86)79-32-21-26-48(79)61(89)78(13)64(6,7)63(91)77(12)54(44-24-19-16-20-25-44)56(84)70-39(3)34-52(82)74(9)40(4)55(83)72-53/h27,29,35,38-42,44,47-50,53-54H,14-26,28,30-34,36-37H2,1-13H3,(H,70,84)(H,71,81)(H,72,83)/t38-,39+,40-,41-,47-,48-,49-,50-,53-,54-/m0/s1. The second-order valence-electron chi connectivity index (χ2n) is 26.9. The highest BCUT2D eigenvalue weighted by Crippen LogP contribution is 2.37. The van der Waals surface area contributed by atoms with Crippen molar-refractivity contribution in [1.82, 2.24) is 55.1 Å². The van der Waals surface area contributed by atoms with Crippen LogP contribution in [0.4, 0.5) is 13.2 Å². The Labute approximate surface area is 539 Å². The summed E-state index contributed by atoms with van der Waals surface area (Å²) in [5, 5.41) is 7.97. The number of nitrogens with one attached hydrogen (secondary N) is 3. The monoisotopic (exact) mass is 1300 g/mol. The first-order valence-corrected chi connectivity index (χ1v) is 33.0. The quantitative estimate of drug-likeness (QED) is 0.297. The predicted molar refractivity (Wildman–Crippen MR) is 335 cm³/mol. The van der Waals surface area contributed by atoms with Crippen molar-refractivity contribution < 1.29 is 65.9 Å². The second-order valence-corrected chi connectivity index (χ2v) is 27.3. The van der Waals surface area contributed by atoms with E-state index in [-0.39, 0.29) is 63.5 Å². The predicted octanol–water partition coefficient (Wildman–Crippen LogP) is 5.40. The number of carbonyl (C=O) groups is 11. The first-order chi connectivity index (χ1) is 42.6. The number of carbonyl (C=O) groups excluding carboxylic acids is 11. The van der Waals surface area contributed by atoms with Gasteiger partial charge in [0.15, 0.2) is 0 Å². The maximum atomic E-state index is 15.1. The fraction of sp³-hybridized carbons (Fsp3) is 0.738. The van der Waals surface area contributed by atoms with Crippen molar-refractivity contribution in [3.63, 3.8) is 0 Å². The fourth-order valence-electron chi connectivity index (χ4n) is 13.6. The summed E-state index contributed by atoms with van der Waals surface area (Å²) in [6.07, 6.45) is 4.39. The smallest absolute Gasteiger partial charge is 0.351 e. The molecule has 0 spiro atoms. The van der Waals surface area contributed by atoms with Gasteiger partial charge in [0.1, 0.15) is 53.9 Å². The summed E-state index contributed by atoms with van der Waals surface area (Å²) in [6, 6.07) is -6.67. The number of alkyl halides is 3. The highest BCUT2D eigenvalue weighted by atomic mass is 35.5. The van der Waals surface area contributed by atoms with Gasteiger partial charge in [-0.25, -0.2) is 0 Å². The van der Waals surface area contributed by atoms with Crippen LogP contribution in [-0.4, -0.2) is 226 Å². The van der Waals surface area contributed by atoms with E-state index in [1.54, 1.807) is 13.8 Å². The normalized spacial score (nSPS) is 28.8. The van der Waals surface area contributed by atoms with Gasteiger partial charge in [-0.15, -0.1) is 0 Å². The lowest BCUT2D eigenvalue weighted by molar-refractivity contribution is -0.160. The third-order valence-corrected chi connectivity index (χ3v) is 20.6. The van der Waals surface area contributed by atoms with Gasteiger partial charge >= 0.3 is 6.18 Å². The number of likely N-dealkylation sites (N-methyl/N-ethyl adjacent to an activating group) is 6. The molecule has 3 heterocycles. The Balaban J connectivity index is 1.37. The Morgan fingerprint density at radius 3 is 1.82 bits per heavy atom. The van der Waals surface area contributed by atoms with Gasteiger partial charge in [0.25, 0.3) is 0 Å². The molecule has 6 rings (SSSR count). The fourth-order valence-corrected chi connectivity index (χ4v) is 13.9. The molecule has 0 bridgehead atoms. The molecule has 2 saturated carbocycles. The number of fused-ring (bicyclic) bond motifs is 2. The minimum atomic E-state index is -4.74. The van der Waals surface area contributed by atoms with Crippen LogP contribution in [0.25, 0.3) is 0 Å². The van der Waals surface area contributed by atoms with E-state index in [2.05, 4.69) is 16.0 Å². The number of benzene rings is 1. The SMILES string of the molecule is CC[C@H](C)[C@@H]1NC(=O)[C@H](C)N(C)C(=O)C[C@@H](C)NC(=O)[C@H](C2CCCCC2)N(C)C(=O)C(C)(C)N(C)C(=O)[C@@H]2CCCN2C(=O)[C@H](CCc2ccc(C(F)(F)F)c(Cl)c2)NC(=O)CN(C)C(=O)[C@H](CC2CCCCC2)N(C)C(=O)[C@@H]2CCN2C(=O)[C@H](C)N(C)C1=O. The average molecular weight is 1300 g/mol. The van der Waals surface area contributed by atoms with Crippen molar-refractivity contribution >= 4 is 76.6 Å². The van der Waals surface area contributed by atoms with Crippen molar-refractivity contribution in [2.24, 2.45) is 17.8 Å². The van der Waals surface area contributed by atoms with Crippen molar-refractivity contribution in [2.45, 2.75) is 230 Å². The summed E-state index contributed by atoms with van der Waals surface area (Å²) in [5.74, 6) is -7.31. The number of hydrogen-bond donors (Lipinski definition) is 3. The van der Waals surface area contributed by atoms with Crippen molar-refractivity contribution in [3.8, 4) is 0 Å². The summed E-state index contributed by atoms with van der Waals surface area (Å²) >= 11 is 6.13. The lowest BCUT2D eigenvalue weighted by Crippen LogP contribution is -2.65. The molecule has 2 aliphatic carbocycles. The van der Waals surface area contributed by atoms with Crippen LogP contribution in [0.3, 0.4) is 0 Å². The molecular weight excluding hydrogens is 1200 g/mol. The van der Waals surface area contributed by atoms with Gasteiger partial charge in [0.2, 0.25) is 65.0 Å². The molecule has 22 nitrogen and oxygen atoms in total. The first kappa shape index (κ1) is 73.5. The lowest BCUT2D eigenvalue weighted by Gasteiger charge is -2.45. The molecule has 3 N–H and O–H groups in total. The van der Waals surface area contributed by atoms with E-state index in [9.17, 15) is 61.1 Å². The number of hydrogen-bond acceptors (Lipinski definition) is 11. The largest absolute Gasteiger partial charge is 0.417 e. The van der Waals surface area contributed by atoms with Crippen LogP contribution in [0, 0.1) is 17.8 Å². The number of halogens is 4. The molecule has 0 unspecified atom stereocenters. The Hall–Kier alpha value is -6.53. The summed E-state index contributed by atoms with van der Waals surface area (Å²) in [5.41, 5.74) is -2.38. The third-order valence-electron chi connectivity index (χ3n) is 20.3. The molecule has 508 valence electrons. The highest BCUT2D eigenvalue weighted by Gasteiger charge is 2.49. The van der Waals surface area contributed by atoms with Crippen molar-refractivity contribution in [3.05, 3.63) is 34.3 Å². The molecule has 11 amide bonds. The van der Waals surface area contributed by atoms with E-state index < -0.39 is 154 Å². The Morgan fingerprint density at radius 1 is 0.637 bits per heavy atom. The summed E-state index contributed by atoms with van der Waals surface area (Å²) < 4.78 is 41.4. The Kier molecular flexibility index (Phi) is 25.4. The average Bonchev–Trinajstić information content (AvgIpc) is 2.29. The van der Waals surface area contributed by atoms with Crippen LogP contribution < -0.4 is 16.0 Å². The molecule has 1 aromatic carbocycles. The van der Waals surface area contributed by atoms with E-state index in [0.717, 1.165) is 68.4 Å². The molecule has 26 heteroatoms. The van der Waals surface area contributed by atoms with E-state index in [4.69, 9.17) is 11.6 Å². The molecule has 3 aliphatic heterocycles. The molecule has 0 radical (unpaired) electrons. The zero-order valence-corrected chi connectivity index (χ0v) is 56.3. The zero-order chi connectivity index (χ0) is 67.7. The van der Waals surface area contributed by atoms with Crippen LogP contribution in [-0.2, 0) is 65.3 Å². The van der Waals surface area contributed by atoms with Gasteiger partial charge < -0.3 is 55.1 Å². The number of amides is 11. The van der Waals surface area contributed by atoms with Crippen LogP contribution in [0.2, 0.25) is 5.02 Å². The van der Waals surface area contributed by atoms with Crippen LogP contribution in [0.5, 0.6) is 0 Å². The minimum Gasteiger partial charge on any atom is -0.351 e. The summed E-state index contributed by atoms with van der Waals surface area (Å²) in [4.78, 5) is 171. The van der Waals surface area contributed by atoms with Crippen molar-refractivity contribution in [2.75, 3.05) is 61.9 Å². The molecule has 3 saturated heterocycles. The number of aryl methyl sites for hydroxylation is 1. The molecule has 5 fully saturated rings. The van der Waals surface area contributed by atoms with Gasteiger partial charge in [-0.2, -0.15) is 13.2 Å². The molecule has 5 aliphatic rings. The Morgan fingerprint density at radius 2 is 1.24 bits per heavy atom. The van der Waals surface area contributed by atoms with E-state index >= 15 is 4.79 Å². The molecule has 1 aromatic rings. The maximum absolute atomic E-state index is 15.1. The maximum Gasteiger partial charge on any atom is 0.417 e. The van der Waals surface area contributed by atoms with E-state index in [1.165, 1.54) is 110 Å². The van der Waals surface area contributed by atoms with Gasteiger partial charge in [0, 0.05) is 67.8 Å². The molecular formula is C65H99ClF3N11O11. The Bertz CT molecular complexity index is 2850. The van der Waals surface area contributed by atoms with Gasteiger partial charge in [-0.1, -0.05) is 89.3 Å². The topological polar surface area (TPSA) is 250 Å². The second kappa shape index (κ2) is 31.4. The summed E-state index contributed by atoms with van der Waals surface area (Å²) in [7, 11) is 8.68. The third kappa shape index (κ3) is 17.4. The summed E-state index contributed by atoms with van der Waals surface area (Å²) in [6.45, 7) is 11.0. The van der Waals surface area contributed by atoms with Gasteiger partial charge in [-0.3, -0.25) is 52.7 Å². The van der Waals surface area contributed by atoms with Gasteiger partial charge in [0.05, 0.1) is 17.1 Å². The molecule has 91 heavy (non-hydrogen) atoms. The van der Waals surface area contributed by atoms with Crippen LogP contribution in [0.15, 0.2) is 18.2 Å². The highest BCUT2D eigenvalue weighted by molar-refractivity contribution is 6.31.